The van der Waals surface area contributed by atoms with Gasteiger partial charge in [0.15, 0.2) is 0 Å². The van der Waals surface area contributed by atoms with Crippen LogP contribution < -0.4 is 10.3 Å². The van der Waals surface area contributed by atoms with Crippen molar-refractivity contribution in [3.63, 3.8) is 0 Å². The molecular formula is C19H19F2N3O2. The minimum Gasteiger partial charge on any atom is -0.378 e. The predicted molar refractivity (Wildman–Crippen MR) is 95.5 cm³/mol. The Labute approximate surface area is 150 Å². The number of benzene rings is 2. The van der Waals surface area contributed by atoms with Gasteiger partial charge >= 0.3 is 0 Å². The standard InChI is InChI=1S/C19H19F2N3O2/c1-13(22-23-19(25)15-4-2-3-5-16(15)20)14-6-7-18(17(21)12-14)24-8-10-26-11-9-24/h2-7,12H,8-11H2,1H3,(H,23,25)/b22-13-. The Kier molecular flexibility index (Phi) is 5.58. The van der Waals surface area contributed by atoms with Gasteiger partial charge in [-0.3, -0.25) is 4.79 Å². The number of anilines is 1. The molecular weight excluding hydrogens is 340 g/mol. The third-order valence-electron chi connectivity index (χ3n) is 4.16. The van der Waals surface area contributed by atoms with Crippen LogP contribution in [0, 0.1) is 11.6 Å². The maximum atomic E-state index is 14.4. The minimum absolute atomic E-state index is 0.0992. The molecule has 1 amide bonds. The van der Waals surface area contributed by atoms with Crippen molar-refractivity contribution in [1.82, 2.24) is 5.43 Å². The third-order valence-corrected chi connectivity index (χ3v) is 4.16. The molecule has 0 atom stereocenters. The molecule has 1 N–H and O–H groups in total. The summed E-state index contributed by atoms with van der Waals surface area (Å²) in [5.74, 6) is -1.65. The van der Waals surface area contributed by atoms with Crippen molar-refractivity contribution in [2.45, 2.75) is 6.92 Å². The van der Waals surface area contributed by atoms with E-state index in [9.17, 15) is 13.6 Å². The van der Waals surface area contributed by atoms with E-state index in [1.807, 2.05) is 4.90 Å². The Morgan fingerprint density at radius 1 is 1.12 bits per heavy atom. The molecule has 0 spiro atoms. The number of hydrazone groups is 1. The number of rotatable bonds is 4. The molecule has 0 radical (unpaired) electrons. The van der Waals surface area contributed by atoms with Crippen LogP contribution in [-0.4, -0.2) is 37.9 Å². The zero-order valence-electron chi connectivity index (χ0n) is 14.3. The minimum atomic E-state index is -0.659. The van der Waals surface area contributed by atoms with Crippen molar-refractivity contribution < 1.29 is 18.3 Å². The van der Waals surface area contributed by atoms with Crippen LogP contribution in [0.5, 0.6) is 0 Å². The number of nitrogens with zero attached hydrogens (tertiary/aromatic N) is 2. The molecule has 1 saturated heterocycles. The second-order valence-corrected chi connectivity index (χ2v) is 5.88. The number of carbonyl (C=O) groups is 1. The molecule has 136 valence electrons. The van der Waals surface area contributed by atoms with Gasteiger partial charge < -0.3 is 9.64 Å². The summed E-state index contributed by atoms with van der Waals surface area (Å²) >= 11 is 0. The summed E-state index contributed by atoms with van der Waals surface area (Å²) in [7, 11) is 0. The molecule has 5 nitrogen and oxygen atoms in total. The molecule has 2 aromatic carbocycles. The number of morpholine rings is 1. The van der Waals surface area contributed by atoms with Gasteiger partial charge in [0.25, 0.3) is 5.91 Å². The number of nitrogens with one attached hydrogen (secondary N) is 1. The second kappa shape index (κ2) is 8.05. The van der Waals surface area contributed by atoms with Crippen molar-refractivity contribution in [3.8, 4) is 0 Å². The lowest BCUT2D eigenvalue weighted by Gasteiger charge is -2.29. The van der Waals surface area contributed by atoms with Crippen molar-refractivity contribution in [2.75, 3.05) is 31.2 Å². The van der Waals surface area contributed by atoms with Crippen LogP contribution in [0.25, 0.3) is 0 Å². The Morgan fingerprint density at radius 3 is 2.54 bits per heavy atom. The van der Waals surface area contributed by atoms with E-state index in [4.69, 9.17) is 4.74 Å². The predicted octanol–water partition coefficient (Wildman–Crippen LogP) is 2.96. The lowest BCUT2D eigenvalue weighted by atomic mass is 10.1. The summed E-state index contributed by atoms with van der Waals surface area (Å²) in [5.41, 5.74) is 3.66. The lowest BCUT2D eigenvalue weighted by molar-refractivity contribution is 0.0951. The second-order valence-electron chi connectivity index (χ2n) is 5.88. The molecule has 0 aliphatic carbocycles. The van der Waals surface area contributed by atoms with E-state index in [2.05, 4.69) is 10.5 Å². The van der Waals surface area contributed by atoms with E-state index >= 15 is 0 Å². The Morgan fingerprint density at radius 2 is 1.85 bits per heavy atom. The summed E-state index contributed by atoms with van der Waals surface area (Å²) < 4.78 is 33.3. The quantitative estimate of drug-likeness (QED) is 0.675. The van der Waals surface area contributed by atoms with E-state index in [0.717, 1.165) is 0 Å². The molecule has 0 unspecified atom stereocenters. The molecule has 0 saturated carbocycles. The monoisotopic (exact) mass is 359 g/mol. The number of hydrogen-bond acceptors (Lipinski definition) is 4. The highest BCUT2D eigenvalue weighted by Gasteiger charge is 2.16. The highest BCUT2D eigenvalue weighted by molar-refractivity contribution is 6.01. The van der Waals surface area contributed by atoms with Crippen LogP contribution in [0.4, 0.5) is 14.5 Å². The smallest absolute Gasteiger partial charge is 0.274 e. The summed E-state index contributed by atoms with van der Waals surface area (Å²) in [5, 5.41) is 3.95. The van der Waals surface area contributed by atoms with Crippen molar-refractivity contribution >= 4 is 17.3 Å². The van der Waals surface area contributed by atoms with Gasteiger partial charge in [0.1, 0.15) is 11.6 Å². The van der Waals surface area contributed by atoms with E-state index < -0.39 is 11.7 Å². The highest BCUT2D eigenvalue weighted by atomic mass is 19.1. The van der Waals surface area contributed by atoms with E-state index in [0.29, 0.717) is 43.3 Å². The van der Waals surface area contributed by atoms with Gasteiger partial charge in [-0.15, -0.1) is 0 Å². The van der Waals surface area contributed by atoms with Crippen LogP contribution in [0.2, 0.25) is 0 Å². The van der Waals surface area contributed by atoms with Crippen LogP contribution in [0.1, 0.15) is 22.8 Å². The maximum Gasteiger partial charge on any atom is 0.274 e. The van der Waals surface area contributed by atoms with Gasteiger partial charge in [-0.05, 0) is 31.2 Å². The summed E-state index contributed by atoms with van der Waals surface area (Å²) in [6.45, 7) is 4.07. The first-order valence-electron chi connectivity index (χ1n) is 8.28. The number of halogens is 2. The van der Waals surface area contributed by atoms with Crippen molar-refractivity contribution in [2.24, 2.45) is 5.10 Å². The zero-order valence-corrected chi connectivity index (χ0v) is 14.3. The summed E-state index contributed by atoms with van der Waals surface area (Å²) in [6, 6.07) is 10.4. The lowest BCUT2D eigenvalue weighted by Crippen LogP contribution is -2.36. The fourth-order valence-electron chi connectivity index (χ4n) is 2.70. The third kappa shape index (κ3) is 4.05. The van der Waals surface area contributed by atoms with E-state index in [1.165, 1.54) is 24.3 Å². The van der Waals surface area contributed by atoms with Gasteiger partial charge in [0.05, 0.1) is 30.2 Å². The summed E-state index contributed by atoms with van der Waals surface area (Å²) in [4.78, 5) is 13.9. The fourth-order valence-corrected chi connectivity index (χ4v) is 2.70. The molecule has 3 rings (SSSR count). The van der Waals surface area contributed by atoms with E-state index in [1.54, 1.807) is 25.1 Å². The van der Waals surface area contributed by atoms with Crippen molar-refractivity contribution in [1.29, 1.82) is 0 Å². The van der Waals surface area contributed by atoms with Gasteiger partial charge in [-0.1, -0.05) is 18.2 Å². The Balaban J connectivity index is 1.72. The number of hydrogen-bond donors (Lipinski definition) is 1. The molecule has 1 fully saturated rings. The summed E-state index contributed by atoms with van der Waals surface area (Å²) in [6.07, 6.45) is 0. The Bertz CT molecular complexity index is 833. The number of ether oxygens (including phenoxy) is 1. The first-order chi connectivity index (χ1) is 12.6. The van der Waals surface area contributed by atoms with Gasteiger partial charge in [-0.2, -0.15) is 5.10 Å². The molecule has 0 aromatic heterocycles. The van der Waals surface area contributed by atoms with Crippen LogP contribution >= 0.6 is 0 Å². The molecule has 1 heterocycles. The number of carbonyl (C=O) groups excluding carboxylic acids is 1. The SMILES string of the molecule is C/C(=N/NC(=O)c1ccccc1F)c1ccc(N2CCOCC2)c(F)c1. The first kappa shape index (κ1) is 18.0. The largest absolute Gasteiger partial charge is 0.378 e. The molecule has 7 heteroatoms. The average Bonchev–Trinajstić information content (AvgIpc) is 2.66. The fraction of sp³-hybridized carbons (Fsp3) is 0.263. The van der Waals surface area contributed by atoms with Crippen LogP contribution in [0.3, 0.4) is 0 Å². The van der Waals surface area contributed by atoms with Gasteiger partial charge in [0, 0.05) is 18.7 Å². The topological polar surface area (TPSA) is 53.9 Å². The van der Waals surface area contributed by atoms with Crippen LogP contribution in [0.15, 0.2) is 47.6 Å². The van der Waals surface area contributed by atoms with Crippen LogP contribution in [-0.2, 0) is 4.74 Å². The molecule has 0 bridgehead atoms. The van der Waals surface area contributed by atoms with Gasteiger partial charge in [-0.25, -0.2) is 14.2 Å². The van der Waals surface area contributed by atoms with E-state index in [-0.39, 0.29) is 11.4 Å². The first-order valence-corrected chi connectivity index (χ1v) is 8.28. The van der Waals surface area contributed by atoms with Crippen molar-refractivity contribution in [3.05, 3.63) is 65.2 Å². The highest BCUT2D eigenvalue weighted by Crippen LogP contribution is 2.22. The van der Waals surface area contributed by atoms with Gasteiger partial charge in [0.2, 0.25) is 0 Å². The molecule has 1 aliphatic rings. The number of amides is 1. The Hall–Kier alpha value is -2.80. The molecule has 1 aliphatic heterocycles. The molecule has 26 heavy (non-hydrogen) atoms. The average molecular weight is 359 g/mol. The zero-order chi connectivity index (χ0) is 18.5. The normalized spacial score (nSPS) is 15.0. The molecule has 2 aromatic rings. The maximum absolute atomic E-state index is 14.4.